The highest BCUT2D eigenvalue weighted by molar-refractivity contribution is 6.30. The van der Waals surface area contributed by atoms with Crippen LogP contribution in [0.5, 0.6) is 5.75 Å². The molecular formula is C23H27ClN4O2. The smallest absolute Gasteiger partial charge is 0.254 e. The van der Waals surface area contributed by atoms with E-state index >= 15 is 0 Å². The van der Waals surface area contributed by atoms with Crippen molar-refractivity contribution < 1.29 is 9.53 Å². The van der Waals surface area contributed by atoms with E-state index < -0.39 is 0 Å². The fourth-order valence-corrected chi connectivity index (χ4v) is 3.25. The number of halogens is 1. The van der Waals surface area contributed by atoms with E-state index in [4.69, 9.17) is 16.3 Å². The lowest BCUT2D eigenvalue weighted by Gasteiger charge is -2.25. The van der Waals surface area contributed by atoms with Crippen LogP contribution in [0.15, 0.2) is 60.9 Å². The van der Waals surface area contributed by atoms with Gasteiger partial charge in [-0.3, -0.25) is 4.79 Å². The van der Waals surface area contributed by atoms with Gasteiger partial charge in [0.15, 0.2) is 0 Å². The molecule has 1 aromatic heterocycles. The second-order valence-electron chi connectivity index (χ2n) is 7.36. The van der Waals surface area contributed by atoms with Gasteiger partial charge in [-0.05, 0) is 56.1 Å². The van der Waals surface area contributed by atoms with Crippen LogP contribution in [0.4, 0.5) is 0 Å². The summed E-state index contributed by atoms with van der Waals surface area (Å²) >= 11 is 5.98. The van der Waals surface area contributed by atoms with Gasteiger partial charge in [0.2, 0.25) is 0 Å². The van der Waals surface area contributed by atoms with Gasteiger partial charge in [0.1, 0.15) is 11.6 Å². The summed E-state index contributed by atoms with van der Waals surface area (Å²) < 4.78 is 7.38. The molecule has 2 aromatic carbocycles. The van der Waals surface area contributed by atoms with Gasteiger partial charge in [0, 0.05) is 42.6 Å². The second kappa shape index (κ2) is 10.3. The average Bonchev–Trinajstić information content (AvgIpc) is 3.17. The van der Waals surface area contributed by atoms with Gasteiger partial charge < -0.3 is 19.1 Å². The summed E-state index contributed by atoms with van der Waals surface area (Å²) in [6.45, 7) is 2.44. The molecule has 158 valence electrons. The van der Waals surface area contributed by atoms with Crippen molar-refractivity contribution in [2.24, 2.45) is 0 Å². The van der Waals surface area contributed by atoms with Crippen molar-refractivity contribution in [1.82, 2.24) is 19.4 Å². The average molecular weight is 427 g/mol. The Balaban J connectivity index is 1.79. The van der Waals surface area contributed by atoms with Gasteiger partial charge in [0.25, 0.3) is 5.91 Å². The SMILES string of the molecule is COc1cccc(Cn2ccnc2CN(CCN(C)C)C(=O)c2ccc(Cl)cc2)c1. The number of imidazole rings is 1. The van der Waals surface area contributed by atoms with Crippen LogP contribution in [-0.2, 0) is 13.1 Å². The minimum absolute atomic E-state index is 0.0375. The number of carbonyl (C=O) groups is 1. The maximum absolute atomic E-state index is 13.2. The van der Waals surface area contributed by atoms with Crippen LogP contribution in [0.3, 0.4) is 0 Å². The summed E-state index contributed by atoms with van der Waals surface area (Å²) in [6, 6.07) is 14.9. The van der Waals surface area contributed by atoms with Gasteiger partial charge in [-0.1, -0.05) is 23.7 Å². The molecule has 0 N–H and O–H groups in total. The molecular weight excluding hydrogens is 400 g/mol. The number of hydrogen-bond acceptors (Lipinski definition) is 4. The van der Waals surface area contributed by atoms with Crippen molar-refractivity contribution in [1.29, 1.82) is 0 Å². The maximum Gasteiger partial charge on any atom is 0.254 e. The minimum atomic E-state index is -0.0375. The Morgan fingerprint density at radius 2 is 1.90 bits per heavy atom. The summed E-state index contributed by atoms with van der Waals surface area (Å²) in [5.74, 6) is 1.61. The number of likely N-dealkylation sites (N-methyl/N-ethyl adjacent to an activating group) is 1. The predicted octanol–water partition coefficient (Wildman–Crippen LogP) is 3.80. The van der Waals surface area contributed by atoms with E-state index in [2.05, 4.69) is 20.5 Å². The van der Waals surface area contributed by atoms with Crippen molar-refractivity contribution in [2.45, 2.75) is 13.1 Å². The number of hydrogen-bond donors (Lipinski definition) is 0. The van der Waals surface area contributed by atoms with E-state index in [1.807, 2.05) is 43.4 Å². The van der Waals surface area contributed by atoms with Crippen molar-refractivity contribution >= 4 is 17.5 Å². The molecule has 0 spiro atoms. The highest BCUT2D eigenvalue weighted by Gasteiger charge is 2.19. The quantitative estimate of drug-likeness (QED) is 0.522. The minimum Gasteiger partial charge on any atom is -0.497 e. The summed E-state index contributed by atoms with van der Waals surface area (Å²) in [7, 11) is 5.65. The fraction of sp³-hybridized carbons (Fsp3) is 0.304. The van der Waals surface area contributed by atoms with E-state index in [-0.39, 0.29) is 5.91 Å². The molecule has 30 heavy (non-hydrogen) atoms. The highest BCUT2D eigenvalue weighted by atomic mass is 35.5. The molecule has 6 nitrogen and oxygen atoms in total. The van der Waals surface area contributed by atoms with Crippen molar-refractivity contribution in [3.05, 3.63) is 82.9 Å². The number of methoxy groups -OCH3 is 1. The van der Waals surface area contributed by atoms with Crippen LogP contribution >= 0.6 is 11.6 Å². The van der Waals surface area contributed by atoms with E-state index in [1.165, 1.54) is 0 Å². The molecule has 0 aliphatic heterocycles. The van der Waals surface area contributed by atoms with Gasteiger partial charge in [-0.15, -0.1) is 0 Å². The summed E-state index contributed by atoms with van der Waals surface area (Å²) in [5, 5.41) is 0.611. The van der Waals surface area contributed by atoms with Gasteiger partial charge in [-0.2, -0.15) is 0 Å². The van der Waals surface area contributed by atoms with Gasteiger partial charge in [-0.25, -0.2) is 4.98 Å². The number of nitrogens with zero attached hydrogens (tertiary/aromatic N) is 4. The fourth-order valence-electron chi connectivity index (χ4n) is 3.12. The number of aromatic nitrogens is 2. The molecule has 0 aliphatic carbocycles. The topological polar surface area (TPSA) is 50.6 Å². The number of ether oxygens (including phenoxy) is 1. The molecule has 7 heteroatoms. The van der Waals surface area contributed by atoms with Crippen LogP contribution in [0.1, 0.15) is 21.7 Å². The molecule has 1 heterocycles. The number of rotatable bonds is 9. The summed E-state index contributed by atoms with van der Waals surface area (Å²) in [4.78, 5) is 21.6. The summed E-state index contributed by atoms with van der Waals surface area (Å²) in [6.07, 6.45) is 3.71. The third-order valence-electron chi connectivity index (χ3n) is 4.82. The standard InChI is InChI=1S/C23H27ClN4O2/c1-26(2)13-14-28(23(29)19-7-9-20(24)10-8-19)17-22-25-11-12-27(22)16-18-5-4-6-21(15-18)30-3/h4-12,15H,13-14,16-17H2,1-3H3. The van der Waals surface area contributed by atoms with Crippen LogP contribution in [0, 0.1) is 0 Å². The molecule has 0 fully saturated rings. The molecule has 0 aliphatic rings. The molecule has 0 atom stereocenters. The van der Waals surface area contributed by atoms with Crippen molar-refractivity contribution in [3.8, 4) is 5.75 Å². The lowest BCUT2D eigenvalue weighted by Crippen LogP contribution is -2.37. The van der Waals surface area contributed by atoms with Gasteiger partial charge >= 0.3 is 0 Å². The Morgan fingerprint density at radius 1 is 1.13 bits per heavy atom. The Bertz CT molecular complexity index is 969. The predicted molar refractivity (Wildman–Crippen MR) is 119 cm³/mol. The summed E-state index contributed by atoms with van der Waals surface area (Å²) in [5.41, 5.74) is 1.72. The number of benzene rings is 2. The Hall–Kier alpha value is -2.83. The lowest BCUT2D eigenvalue weighted by atomic mass is 10.2. The zero-order valence-corrected chi connectivity index (χ0v) is 18.3. The third-order valence-corrected chi connectivity index (χ3v) is 5.07. The highest BCUT2D eigenvalue weighted by Crippen LogP contribution is 2.16. The van der Waals surface area contributed by atoms with Crippen LogP contribution in [0.25, 0.3) is 0 Å². The molecule has 3 rings (SSSR count). The van der Waals surface area contributed by atoms with Crippen LogP contribution < -0.4 is 4.74 Å². The zero-order valence-electron chi connectivity index (χ0n) is 17.6. The first-order valence-electron chi connectivity index (χ1n) is 9.79. The second-order valence-corrected chi connectivity index (χ2v) is 7.80. The van der Waals surface area contributed by atoms with Gasteiger partial charge in [0.05, 0.1) is 13.7 Å². The number of carbonyl (C=O) groups excluding carboxylic acids is 1. The Kier molecular flexibility index (Phi) is 7.49. The van der Waals surface area contributed by atoms with Crippen LogP contribution in [0.2, 0.25) is 5.02 Å². The Labute approximate surface area is 182 Å². The first kappa shape index (κ1) is 21.9. The van der Waals surface area contributed by atoms with E-state index in [9.17, 15) is 4.79 Å². The zero-order chi connectivity index (χ0) is 21.5. The third kappa shape index (κ3) is 5.84. The first-order valence-corrected chi connectivity index (χ1v) is 10.2. The van der Waals surface area contributed by atoms with E-state index in [0.717, 1.165) is 23.7 Å². The molecule has 1 amide bonds. The van der Waals surface area contributed by atoms with Crippen molar-refractivity contribution in [2.75, 3.05) is 34.3 Å². The van der Waals surface area contributed by atoms with Crippen molar-refractivity contribution in [3.63, 3.8) is 0 Å². The molecule has 0 unspecified atom stereocenters. The molecule has 0 bridgehead atoms. The molecule has 0 radical (unpaired) electrons. The largest absolute Gasteiger partial charge is 0.497 e. The van der Waals surface area contributed by atoms with Crippen LogP contribution in [-0.4, -0.2) is 59.6 Å². The molecule has 0 saturated carbocycles. The monoisotopic (exact) mass is 426 g/mol. The normalized spacial score (nSPS) is 11.0. The first-order chi connectivity index (χ1) is 14.5. The van der Waals surface area contributed by atoms with E-state index in [0.29, 0.717) is 30.2 Å². The number of amides is 1. The maximum atomic E-state index is 13.2. The Morgan fingerprint density at radius 3 is 2.60 bits per heavy atom. The molecule has 0 saturated heterocycles. The molecule has 3 aromatic rings. The lowest BCUT2D eigenvalue weighted by molar-refractivity contribution is 0.0726. The van der Waals surface area contributed by atoms with E-state index in [1.54, 1.807) is 37.6 Å².